The summed E-state index contributed by atoms with van der Waals surface area (Å²) in [4.78, 5) is 0. The van der Waals surface area contributed by atoms with Crippen molar-refractivity contribution in [2.75, 3.05) is 16.8 Å². The van der Waals surface area contributed by atoms with Crippen LogP contribution in [0.2, 0.25) is 0 Å². The van der Waals surface area contributed by atoms with E-state index in [2.05, 4.69) is 21.2 Å². The average Bonchev–Trinajstić information content (AvgIpc) is 2.31. The van der Waals surface area contributed by atoms with Crippen LogP contribution in [0, 0.1) is 12.7 Å². The molecule has 0 radical (unpaired) electrons. The molecule has 2 aromatic carbocycles. The number of rotatable bonds is 2. The van der Waals surface area contributed by atoms with E-state index in [1.807, 2.05) is 6.92 Å². The molecule has 0 heterocycles. The Labute approximate surface area is 113 Å². The number of aryl methyl sites for hydroxylation is 1. The summed E-state index contributed by atoms with van der Waals surface area (Å²) in [5.41, 5.74) is 14.8. The number of benzene rings is 2. The molecule has 0 amide bonds. The fourth-order valence-electron chi connectivity index (χ4n) is 1.59. The summed E-state index contributed by atoms with van der Waals surface area (Å²) in [6.45, 7) is 1.90. The lowest BCUT2D eigenvalue weighted by Crippen LogP contribution is -1.98. The lowest BCUT2D eigenvalue weighted by atomic mass is 10.1. The van der Waals surface area contributed by atoms with Gasteiger partial charge in [0, 0.05) is 11.4 Å². The highest BCUT2D eigenvalue weighted by molar-refractivity contribution is 9.10. The molecule has 0 aliphatic carbocycles. The van der Waals surface area contributed by atoms with Crippen LogP contribution in [-0.4, -0.2) is 0 Å². The van der Waals surface area contributed by atoms with E-state index in [1.54, 1.807) is 24.3 Å². The first kappa shape index (κ1) is 12.7. The lowest BCUT2D eigenvalue weighted by molar-refractivity contribution is 0.621. The molecule has 0 unspecified atom stereocenters. The van der Waals surface area contributed by atoms with Crippen LogP contribution in [0.1, 0.15) is 5.56 Å². The van der Waals surface area contributed by atoms with Crippen molar-refractivity contribution in [1.82, 2.24) is 0 Å². The summed E-state index contributed by atoms with van der Waals surface area (Å²) in [6, 6.07) is 8.38. The third kappa shape index (κ3) is 2.56. The number of hydrogen-bond acceptors (Lipinski definition) is 3. The van der Waals surface area contributed by atoms with Gasteiger partial charge in [-0.2, -0.15) is 0 Å². The van der Waals surface area contributed by atoms with Crippen molar-refractivity contribution >= 4 is 38.7 Å². The van der Waals surface area contributed by atoms with Gasteiger partial charge in [-0.1, -0.05) is 0 Å². The quantitative estimate of drug-likeness (QED) is 0.739. The molecule has 94 valence electrons. The van der Waals surface area contributed by atoms with E-state index >= 15 is 0 Å². The molecule has 0 atom stereocenters. The molecule has 0 aromatic heterocycles. The molecule has 3 nitrogen and oxygen atoms in total. The van der Waals surface area contributed by atoms with E-state index in [0.29, 0.717) is 21.5 Å². The molecule has 0 aliphatic heterocycles. The van der Waals surface area contributed by atoms with Gasteiger partial charge in [0.1, 0.15) is 5.82 Å². The predicted molar refractivity (Wildman–Crippen MR) is 77.4 cm³/mol. The van der Waals surface area contributed by atoms with Crippen molar-refractivity contribution < 1.29 is 4.39 Å². The second kappa shape index (κ2) is 4.86. The SMILES string of the molecule is Cc1cc(Br)c(F)cc1Nc1ccc(N)c(N)c1. The third-order valence-electron chi connectivity index (χ3n) is 2.63. The van der Waals surface area contributed by atoms with E-state index < -0.39 is 0 Å². The Morgan fingerprint density at radius 2 is 1.83 bits per heavy atom. The number of nitrogen functional groups attached to an aromatic ring is 2. The zero-order valence-electron chi connectivity index (χ0n) is 9.80. The van der Waals surface area contributed by atoms with Crippen molar-refractivity contribution in [3.8, 4) is 0 Å². The Bertz CT molecular complexity index is 599. The smallest absolute Gasteiger partial charge is 0.139 e. The van der Waals surface area contributed by atoms with Crippen LogP contribution in [-0.2, 0) is 0 Å². The van der Waals surface area contributed by atoms with E-state index in [1.165, 1.54) is 6.07 Å². The van der Waals surface area contributed by atoms with Crippen molar-refractivity contribution in [3.05, 3.63) is 46.2 Å². The van der Waals surface area contributed by atoms with Gasteiger partial charge < -0.3 is 16.8 Å². The predicted octanol–water partition coefficient (Wildman–Crippen LogP) is 3.80. The van der Waals surface area contributed by atoms with Crippen LogP contribution >= 0.6 is 15.9 Å². The first-order valence-corrected chi connectivity index (χ1v) is 6.14. The highest BCUT2D eigenvalue weighted by Gasteiger charge is 2.06. The average molecular weight is 310 g/mol. The topological polar surface area (TPSA) is 64.1 Å². The summed E-state index contributed by atoms with van der Waals surface area (Å²) in [7, 11) is 0. The largest absolute Gasteiger partial charge is 0.397 e. The fraction of sp³-hybridized carbons (Fsp3) is 0.0769. The van der Waals surface area contributed by atoms with E-state index in [-0.39, 0.29) is 5.82 Å². The molecule has 18 heavy (non-hydrogen) atoms. The molecule has 2 rings (SSSR count). The summed E-state index contributed by atoms with van der Waals surface area (Å²) in [6.07, 6.45) is 0. The fourth-order valence-corrected chi connectivity index (χ4v) is 2.05. The van der Waals surface area contributed by atoms with Crippen LogP contribution < -0.4 is 16.8 Å². The van der Waals surface area contributed by atoms with Gasteiger partial charge in [0.15, 0.2) is 0 Å². The number of nitrogens with one attached hydrogen (secondary N) is 1. The highest BCUT2D eigenvalue weighted by Crippen LogP contribution is 2.28. The molecular formula is C13H13BrFN3. The number of anilines is 4. The van der Waals surface area contributed by atoms with Crippen LogP contribution in [0.5, 0.6) is 0 Å². The maximum absolute atomic E-state index is 13.5. The summed E-state index contributed by atoms with van der Waals surface area (Å²) in [5.74, 6) is -0.313. The minimum absolute atomic E-state index is 0.313. The lowest BCUT2D eigenvalue weighted by Gasteiger charge is -2.12. The van der Waals surface area contributed by atoms with Gasteiger partial charge in [-0.3, -0.25) is 0 Å². The highest BCUT2D eigenvalue weighted by atomic mass is 79.9. The Balaban J connectivity index is 2.34. The molecule has 0 saturated heterocycles. The molecule has 0 fully saturated rings. The second-order valence-electron chi connectivity index (χ2n) is 4.05. The normalized spacial score (nSPS) is 10.4. The van der Waals surface area contributed by atoms with E-state index in [9.17, 15) is 4.39 Å². The maximum Gasteiger partial charge on any atom is 0.139 e. The summed E-state index contributed by atoms with van der Waals surface area (Å²) >= 11 is 3.15. The molecular weight excluding hydrogens is 297 g/mol. The van der Waals surface area contributed by atoms with Gasteiger partial charge in [-0.15, -0.1) is 0 Å². The number of nitrogens with two attached hydrogens (primary N) is 2. The van der Waals surface area contributed by atoms with Crippen molar-refractivity contribution in [3.63, 3.8) is 0 Å². The first-order valence-electron chi connectivity index (χ1n) is 5.35. The number of hydrogen-bond donors (Lipinski definition) is 3. The molecule has 2 aromatic rings. The Hall–Kier alpha value is -1.75. The molecule has 0 spiro atoms. The number of halogens is 2. The van der Waals surface area contributed by atoms with Crippen molar-refractivity contribution in [2.24, 2.45) is 0 Å². The Morgan fingerprint density at radius 3 is 2.50 bits per heavy atom. The standard InChI is InChI=1S/C13H13BrFN3/c1-7-4-9(14)10(15)6-13(7)18-8-2-3-11(16)12(17)5-8/h2-6,18H,16-17H2,1H3. The minimum atomic E-state index is -0.313. The van der Waals surface area contributed by atoms with Gasteiger partial charge in [0.25, 0.3) is 0 Å². The Morgan fingerprint density at radius 1 is 1.11 bits per heavy atom. The van der Waals surface area contributed by atoms with Gasteiger partial charge in [0.2, 0.25) is 0 Å². The first-order chi connectivity index (χ1) is 8.47. The molecule has 5 heteroatoms. The van der Waals surface area contributed by atoms with Crippen molar-refractivity contribution in [2.45, 2.75) is 6.92 Å². The maximum atomic E-state index is 13.5. The van der Waals surface area contributed by atoms with Crippen LogP contribution in [0.4, 0.5) is 27.1 Å². The van der Waals surface area contributed by atoms with E-state index in [4.69, 9.17) is 11.5 Å². The van der Waals surface area contributed by atoms with Crippen LogP contribution in [0.15, 0.2) is 34.8 Å². The monoisotopic (exact) mass is 309 g/mol. The van der Waals surface area contributed by atoms with Gasteiger partial charge in [0.05, 0.1) is 15.8 Å². The second-order valence-corrected chi connectivity index (χ2v) is 4.90. The van der Waals surface area contributed by atoms with Gasteiger partial charge >= 0.3 is 0 Å². The van der Waals surface area contributed by atoms with Gasteiger partial charge in [-0.05, 0) is 58.7 Å². The molecule has 0 bridgehead atoms. The zero-order chi connectivity index (χ0) is 13.3. The molecule has 0 saturated carbocycles. The molecule has 0 aliphatic rings. The third-order valence-corrected chi connectivity index (χ3v) is 3.24. The van der Waals surface area contributed by atoms with Crippen LogP contribution in [0.3, 0.4) is 0 Å². The van der Waals surface area contributed by atoms with E-state index in [0.717, 1.165) is 11.3 Å². The Kier molecular flexibility index (Phi) is 3.43. The van der Waals surface area contributed by atoms with Gasteiger partial charge in [-0.25, -0.2) is 4.39 Å². The molecule has 5 N–H and O–H groups in total. The van der Waals surface area contributed by atoms with Crippen LogP contribution in [0.25, 0.3) is 0 Å². The van der Waals surface area contributed by atoms with Crippen molar-refractivity contribution in [1.29, 1.82) is 0 Å². The summed E-state index contributed by atoms with van der Waals surface area (Å²) in [5, 5.41) is 3.11. The summed E-state index contributed by atoms with van der Waals surface area (Å²) < 4.78 is 13.9. The minimum Gasteiger partial charge on any atom is -0.397 e. The zero-order valence-corrected chi connectivity index (χ0v) is 11.4.